The van der Waals surface area contributed by atoms with Crippen LogP contribution >= 0.6 is 10.2 Å². The van der Waals surface area contributed by atoms with Gasteiger partial charge in [0, 0.05) is 0 Å². The highest BCUT2D eigenvalue weighted by Gasteiger charge is 2.65. The van der Waals surface area contributed by atoms with Gasteiger partial charge in [-0.25, -0.2) is 0 Å². The summed E-state index contributed by atoms with van der Waals surface area (Å²) >= 11 is 0. The fraction of sp³-hybridized carbons (Fsp3) is 0.286. The van der Waals surface area contributed by atoms with E-state index in [2.05, 4.69) is 6.58 Å². The summed E-state index contributed by atoms with van der Waals surface area (Å²) in [5.41, 5.74) is 2.85. The molecule has 0 spiro atoms. The van der Waals surface area contributed by atoms with Crippen molar-refractivity contribution in [1.29, 1.82) is 0 Å². The molecule has 1 aromatic rings. The van der Waals surface area contributed by atoms with Crippen LogP contribution in [0, 0.1) is 0 Å². The van der Waals surface area contributed by atoms with Gasteiger partial charge in [0.2, 0.25) is 0 Å². The Balaban J connectivity index is 2.46. The number of halogens is 5. The van der Waals surface area contributed by atoms with Gasteiger partial charge in [0.05, 0.1) is 0 Å². The first-order chi connectivity index (χ1) is 8.86. The minimum absolute atomic E-state index is 0.234. The van der Waals surface area contributed by atoms with Gasteiger partial charge in [-0.3, -0.25) is 0 Å². The lowest BCUT2D eigenvalue weighted by atomic mass is 9.81. The normalized spacial score (nSPS) is 19.1. The van der Waals surface area contributed by atoms with Crippen LogP contribution in [0.4, 0.5) is 19.4 Å². The molecule has 0 aliphatic heterocycles. The molecule has 2 rings (SSSR count). The zero-order valence-corrected chi connectivity index (χ0v) is 11.8. The minimum atomic E-state index is -9.60. The zero-order valence-electron chi connectivity index (χ0n) is 10.9. The van der Waals surface area contributed by atoms with E-state index >= 15 is 0 Å². The quantitative estimate of drug-likeness (QED) is 0.421. The Morgan fingerprint density at radius 2 is 1.80 bits per heavy atom. The molecule has 0 bridgehead atoms. The molecular weight excluding hydrogens is 295 g/mol. The van der Waals surface area contributed by atoms with E-state index in [1.54, 1.807) is 0 Å². The van der Waals surface area contributed by atoms with Crippen LogP contribution in [0.5, 0.6) is 0 Å². The molecule has 20 heavy (non-hydrogen) atoms. The van der Waals surface area contributed by atoms with Crippen molar-refractivity contribution >= 4 is 15.8 Å². The molecule has 112 valence electrons. The van der Waals surface area contributed by atoms with E-state index in [1.807, 2.05) is 6.92 Å². The van der Waals surface area contributed by atoms with Gasteiger partial charge >= 0.3 is 10.2 Å². The van der Waals surface area contributed by atoms with Gasteiger partial charge in [-0.2, -0.15) is 0 Å². The minimum Gasteiger partial charge on any atom is -0.0998 e. The smallest absolute Gasteiger partial charge is 0.0998 e. The number of benzene rings is 1. The summed E-state index contributed by atoms with van der Waals surface area (Å²) in [6.45, 7) is 5.58. The third-order valence-electron chi connectivity index (χ3n) is 3.25. The van der Waals surface area contributed by atoms with Crippen molar-refractivity contribution in [3.63, 3.8) is 0 Å². The molecular formula is C14H15F5S. The molecule has 0 saturated heterocycles. The third-order valence-corrected chi connectivity index (χ3v) is 4.39. The van der Waals surface area contributed by atoms with Crippen LogP contribution in [0.3, 0.4) is 0 Å². The average molecular weight is 310 g/mol. The second-order valence-corrected chi connectivity index (χ2v) is 7.62. The van der Waals surface area contributed by atoms with Gasteiger partial charge in [0.1, 0.15) is 4.90 Å². The Morgan fingerprint density at radius 1 is 1.15 bits per heavy atom. The van der Waals surface area contributed by atoms with Crippen LogP contribution in [-0.4, -0.2) is 0 Å². The van der Waals surface area contributed by atoms with Crippen molar-refractivity contribution in [2.45, 2.75) is 31.1 Å². The Labute approximate surface area is 114 Å². The molecule has 0 radical (unpaired) electrons. The first-order valence-corrected chi connectivity index (χ1v) is 8.02. The SMILES string of the molecule is C=C(C)CC1=C(c2cccc(S(F)(F)(F)(F)F)c2)CC1. The molecule has 0 atom stereocenters. The number of hydrogen-bond donors (Lipinski definition) is 0. The second kappa shape index (κ2) is 3.87. The predicted molar refractivity (Wildman–Crippen MR) is 73.4 cm³/mol. The molecule has 1 aliphatic rings. The monoisotopic (exact) mass is 310 g/mol. The predicted octanol–water partition coefficient (Wildman–Crippen LogP) is 6.86. The fourth-order valence-corrected chi connectivity index (χ4v) is 2.94. The van der Waals surface area contributed by atoms with Crippen LogP contribution in [-0.2, 0) is 0 Å². The molecule has 1 aromatic carbocycles. The first kappa shape index (κ1) is 15.1. The second-order valence-electron chi connectivity index (χ2n) is 5.21. The van der Waals surface area contributed by atoms with Crippen LogP contribution in [0.2, 0.25) is 0 Å². The molecule has 0 aromatic heterocycles. The summed E-state index contributed by atoms with van der Waals surface area (Å²) < 4.78 is 64.0. The summed E-state index contributed by atoms with van der Waals surface area (Å²) in [6.07, 6.45) is 2.01. The number of hydrogen-bond acceptors (Lipinski definition) is 0. The van der Waals surface area contributed by atoms with Crippen molar-refractivity contribution in [2.24, 2.45) is 0 Å². The molecule has 6 heteroatoms. The maximum Gasteiger partial charge on any atom is 0.310 e. The van der Waals surface area contributed by atoms with E-state index in [4.69, 9.17) is 0 Å². The van der Waals surface area contributed by atoms with Crippen LogP contribution < -0.4 is 0 Å². The largest absolute Gasteiger partial charge is 0.310 e. The third kappa shape index (κ3) is 3.23. The van der Waals surface area contributed by atoms with Gasteiger partial charge in [0.25, 0.3) is 0 Å². The molecule has 0 amide bonds. The Morgan fingerprint density at radius 3 is 2.25 bits per heavy atom. The van der Waals surface area contributed by atoms with E-state index in [-0.39, 0.29) is 5.56 Å². The van der Waals surface area contributed by atoms with Crippen LogP contribution in [0.25, 0.3) is 5.57 Å². The van der Waals surface area contributed by atoms with E-state index in [1.165, 1.54) is 6.07 Å². The van der Waals surface area contributed by atoms with Crippen LogP contribution in [0.15, 0.2) is 46.9 Å². The maximum atomic E-state index is 12.8. The first-order valence-electron chi connectivity index (χ1n) is 6.06. The number of allylic oxidation sites excluding steroid dienone is 3. The van der Waals surface area contributed by atoms with E-state index < -0.39 is 15.1 Å². The Hall–Kier alpha value is -1.30. The lowest BCUT2D eigenvalue weighted by molar-refractivity contribution is 0.364. The summed E-state index contributed by atoms with van der Waals surface area (Å²) in [6, 6.07) is 3.48. The van der Waals surface area contributed by atoms with Gasteiger partial charge in [0.15, 0.2) is 0 Å². The van der Waals surface area contributed by atoms with Crippen LogP contribution in [0.1, 0.15) is 31.7 Å². The highest BCUT2D eigenvalue weighted by atomic mass is 32.5. The topological polar surface area (TPSA) is 0 Å². The van der Waals surface area contributed by atoms with Crippen molar-refractivity contribution in [3.05, 3.63) is 47.6 Å². The molecule has 0 unspecified atom stereocenters. The average Bonchev–Trinajstić information content (AvgIpc) is 2.22. The maximum absolute atomic E-state index is 12.8. The summed E-state index contributed by atoms with van der Waals surface area (Å²) in [4.78, 5) is -1.82. The van der Waals surface area contributed by atoms with Crippen molar-refractivity contribution in [2.75, 3.05) is 0 Å². The van der Waals surface area contributed by atoms with E-state index in [9.17, 15) is 19.4 Å². The van der Waals surface area contributed by atoms with Crippen molar-refractivity contribution < 1.29 is 19.4 Å². The van der Waals surface area contributed by atoms with Gasteiger partial charge in [-0.15, -0.1) is 0 Å². The zero-order chi connectivity index (χ0) is 15.2. The molecule has 0 saturated carbocycles. The molecule has 0 N–H and O–H groups in total. The summed E-state index contributed by atoms with van der Waals surface area (Å²) in [5.74, 6) is 0. The highest BCUT2D eigenvalue weighted by Crippen LogP contribution is 3.02. The lowest BCUT2D eigenvalue weighted by Gasteiger charge is -2.41. The highest BCUT2D eigenvalue weighted by molar-refractivity contribution is 8.45. The summed E-state index contributed by atoms with van der Waals surface area (Å²) in [7, 11) is -9.60. The molecule has 1 aliphatic carbocycles. The van der Waals surface area contributed by atoms with Crippen molar-refractivity contribution in [1.82, 2.24) is 0 Å². The standard InChI is InChI=1S/C14H15F5S/c1-10(2)8-12-6-7-14(12)11-4-3-5-13(9-11)20(15,16,17,18)19/h3-5,9H,1,6-8H2,2H3. The summed E-state index contributed by atoms with van der Waals surface area (Å²) in [5, 5.41) is 0. The molecule has 0 heterocycles. The lowest BCUT2D eigenvalue weighted by Crippen LogP contribution is -2.08. The van der Waals surface area contributed by atoms with E-state index in [0.717, 1.165) is 29.2 Å². The van der Waals surface area contributed by atoms with E-state index in [0.29, 0.717) is 25.0 Å². The van der Waals surface area contributed by atoms with Gasteiger partial charge in [-0.05, 0) is 49.5 Å². The molecule has 0 fully saturated rings. The number of rotatable bonds is 4. The Kier molecular flexibility index (Phi) is 2.92. The van der Waals surface area contributed by atoms with Gasteiger partial charge in [-0.1, -0.05) is 49.3 Å². The van der Waals surface area contributed by atoms with Gasteiger partial charge < -0.3 is 0 Å². The molecule has 0 nitrogen and oxygen atoms in total. The Bertz CT molecular complexity index is 610. The van der Waals surface area contributed by atoms with Crippen molar-refractivity contribution in [3.8, 4) is 0 Å². The fourth-order valence-electron chi connectivity index (χ4n) is 2.26.